The van der Waals surface area contributed by atoms with Crippen LogP contribution in [0.1, 0.15) is 32.6 Å². The Morgan fingerprint density at radius 1 is 1.30 bits per heavy atom. The minimum atomic E-state index is -0.650. The van der Waals surface area contributed by atoms with E-state index in [0.717, 1.165) is 38.4 Å². The second kappa shape index (κ2) is 7.59. The van der Waals surface area contributed by atoms with Gasteiger partial charge in [-0.15, -0.1) is 0 Å². The molecular formula is C14H25N3O3. The molecule has 0 aromatic heterocycles. The van der Waals surface area contributed by atoms with Gasteiger partial charge < -0.3 is 10.1 Å². The normalized spacial score (nSPS) is 24.6. The molecule has 1 atom stereocenters. The van der Waals surface area contributed by atoms with Gasteiger partial charge in [-0.25, -0.2) is 4.79 Å². The number of rotatable bonds is 4. The van der Waals surface area contributed by atoms with Crippen LogP contribution < -0.4 is 10.6 Å². The SMILES string of the molecule is CCOC(=O)NC(=O)CN1CCC(C2CCCN2)CC1. The van der Waals surface area contributed by atoms with E-state index in [4.69, 9.17) is 0 Å². The van der Waals surface area contributed by atoms with Crippen LogP contribution in [0.5, 0.6) is 0 Å². The average molecular weight is 283 g/mol. The topological polar surface area (TPSA) is 70.7 Å². The maximum absolute atomic E-state index is 11.7. The Labute approximate surface area is 120 Å². The zero-order valence-electron chi connectivity index (χ0n) is 12.2. The Bertz CT molecular complexity index is 335. The van der Waals surface area contributed by atoms with E-state index in [9.17, 15) is 9.59 Å². The molecular weight excluding hydrogens is 258 g/mol. The number of imide groups is 1. The third kappa shape index (κ3) is 4.45. The van der Waals surface area contributed by atoms with Gasteiger partial charge in [0.25, 0.3) is 0 Å². The molecule has 2 heterocycles. The number of carbonyl (C=O) groups is 2. The van der Waals surface area contributed by atoms with E-state index in [2.05, 4.69) is 20.3 Å². The van der Waals surface area contributed by atoms with Crippen LogP contribution in [0.3, 0.4) is 0 Å². The van der Waals surface area contributed by atoms with E-state index in [-0.39, 0.29) is 19.1 Å². The van der Waals surface area contributed by atoms with Crippen LogP contribution in [-0.4, -0.2) is 55.7 Å². The Kier molecular flexibility index (Phi) is 5.79. The van der Waals surface area contributed by atoms with Crippen molar-refractivity contribution in [3.05, 3.63) is 0 Å². The Morgan fingerprint density at radius 3 is 2.65 bits per heavy atom. The number of ether oxygens (including phenoxy) is 1. The maximum Gasteiger partial charge on any atom is 0.413 e. The Hall–Kier alpha value is -1.14. The van der Waals surface area contributed by atoms with Gasteiger partial charge in [0.15, 0.2) is 0 Å². The number of likely N-dealkylation sites (tertiary alicyclic amines) is 1. The van der Waals surface area contributed by atoms with Crippen LogP contribution >= 0.6 is 0 Å². The standard InChI is InChI=1S/C14H25N3O3/c1-2-20-14(19)16-13(18)10-17-8-5-11(6-9-17)12-4-3-7-15-12/h11-12,15H,2-10H2,1H3,(H,16,18,19). The van der Waals surface area contributed by atoms with Crippen molar-refractivity contribution in [3.63, 3.8) is 0 Å². The molecule has 2 aliphatic heterocycles. The van der Waals surface area contributed by atoms with Gasteiger partial charge in [-0.05, 0) is 58.2 Å². The van der Waals surface area contributed by atoms with Gasteiger partial charge in [0.1, 0.15) is 0 Å². The molecule has 0 radical (unpaired) electrons. The molecule has 2 N–H and O–H groups in total. The van der Waals surface area contributed by atoms with Gasteiger partial charge in [0, 0.05) is 6.04 Å². The van der Waals surface area contributed by atoms with Crippen molar-refractivity contribution in [1.29, 1.82) is 0 Å². The molecule has 0 aromatic carbocycles. The van der Waals surface area contributed by atoms with Gasteiger partial charge in [0.2, 0.25) is 5.91 Å². The van der Waals surface area contributed by atoms with Crippen LogP contribution in [0.15, 0.2) is 0 Å². The molecule has 114 valence electrons. The quantitative estimate of drug-likeness (QED) is 0.795. The predicted molar refractivity (Wildman–Crippen MR) is 75.4 cm³/mol. The number of carbonyl (C=O) groups excluding carboxylic acids is 2. The van der Waals surface area contributed by atoms with Crippen molar-refractivity contribution in [3.8, 4) is 0 Å². The number of piperidine rings is 1. The largest absolute Gasteiger partial charge is 0.450 e. The number of hydrogen-bond donors (Lipinski definition) is 2. The van der Waals surface area contributed by atoms with Gasteiger partial charge in [-0.2, -0.15) is 0 Å². The number of alkyl carbamates (subject to hydrolysis) is 1. The molecule has 20 heavy (non-hydrogen) atoms. The summed E-state index contributed by atoms with van der Waals surface area (Å²) in [7, 11) is 0. The van der Waals surface area contributed by atoms with Gasteiger partial charge in [-0.1, -0.05) is 0 Å². The highest BCUT2D eigenvalue weighted by Crippen LogP contribution is 2.25. The summed E-state index contributed by atoms with van der Waals surface area (Å²) in [6.07, 6.45) is 4.18. The van der Waals surface area contributed by atoms with Crippen LogP contribution in [0, 0.1) is 5.92 Å². The minimum Gasteiger partial charge on any atom is -0.450 e. The molecule has 6 nitrogen and oxygen atoms in total. The van der Waals surface area contributed by atoms with E-state index in [1.807, 2.05) is 0 Å². The van der Waals surface area contributed by atoms with E-state index in [0.29, 0.717) is 6.04 Å². The van der Waals surface area contributed by atoms with Crippen LogP contribution in [0.25, 0.3) is 0 Å². The lowest BCUT2D eigenvalue weighted by Gasteiger charge is -2.34. The molecule has 2 aliphatic rings. The molecule has 2 fully saturated rings. The highest BCUT2D eigenvalue weighted by atomic mass is 16.5. The van der Waals surface area contributed by atoms with Crippen LogP contribution in [-0.2, 0) is 9.53 Å². The molecule has 0 aromatic rings. The van der Waals surface area contributed by atoms with Crippen LogP contribution in [0.4, 0.5) is 4.79 Å². The van der Waals surface area contributed by atoms with Gasteiger partial charge >= 0.3 is 6.09 Å². The zero-order valence-corrected chi connectivity index (χ0v) is 12.2. The molecule has 0 spiro atoms. The second-order valence-corrected chi connectivity index (χ2v) is 5.59. The lowest BCUT2D eigenvalue weighted by atomic mass is 9.88. The lowest BCUT2D eigenvalue weighted by molar-refractivity contribution is -0.121. The monoisotopic (exact) mass is 283 g/mol. The summed E-state index contributed by atoms with van der Waals surface area (Å²) in [4.78, 5) is 24.9. The highest BCUT2D eigenvalue weighted by molar-refractivity contribution is 5.92. The summed E-state index contributed by atoms with van der Waals surface area (Å²) in [5.41, 5.74) is 0. The fraction of sp³-hybridized carbons (Fsp3) is 0.857. The molecule has 0 aliphatic carbocycles. The first-order valence-electron chi connectivity index (χ1n) is 7.61. The minimum absolute atomic E-state index is 0.277. The first-order chi connectivity index (χ1) is 9.69. The third-order valence-corrected chi connectivity index (χ3v) is 4.18. The number of hydrogen-bond acceptors (Lipinski definition) is 5. The molecule has 0 bridgehead atoms. The van der Waals surface area contributed by atoms with Crippen molar-refractivity contribution in [2.24, 2.45) is 5.92 Å². The number of nitrogens with zero attached hydrogens (tertiary/aromatic N) is 1. The number of amides is 2. The smallest absolute Gasteiger partial charge is 0.413 e. The number of nitrogens with one attached hydrogen (secondary N) is 2. The molecule has 2 rings (SSSR count). The van der Waals surface area contributed by atoms with Crippen molar-refractivity contribution < 1.29 is 14.3 Å². The lowest BCUT2D eigenvalue weighted by Crippen LogP contribution is -2.45. The van der Waals surface area contributed by atoms with Gasteiger partial charge in [-0.3, -0.25) is 15.0 Å². The summed E-state index contributed by atoms with van der Waals surface area (Å²) in [6, 6.07) is 0.672. The molecule has 1 unspecified atom stereocenters. The van der Waals surface area contributed by atoms with E-state index >= 15 is 0 Å². The summed E-state index contributed by atoms with van der Waals surface area (Å²) < 4.78 is 4.69. The molecule has 2 saturated heterocycles. The predicted octanol–water partition coefficient (Wildman–Crippen LogP) is 0.723. The summed E-state index contributed by atoms with van der Waals surface area (Å²) in [6.45, 7) is 5.28. The first kappa shape index (κ1) is 15.3. The fourth-order valence-electron chi connectivity index (χ4n) is 3.15. The van der Waals surface area contributed by atoms with Gasteiger partial charge in [0.05, 0.1) is 13.2 Å². The summed E-state index contributed by atoms with van der Waals surface area (Å²) >= 11 is 0. The van der Waals surface area contributed by atoms with Crippen LogP contribution in [0.2, 0.25) is 0 Å². The van der Waals surface area contributed by atoms with Crippen molar-refractivity contribution in [1.82, 2.24) is 15.5 Å². The van der Waals surface area contributed by atoms with Crippen molar-refractivity contribution in [2.75, 3.05) is 32.8 Å². The highest BCUT2D eigenvalue weighted by Gasteiger charge is 2.28. The third-order valence-electron chi connectivity index (χ3n) is 4.18. The zero-order chi connectivity index (χ0) is 14.4. The maximum atomic E-state index is 11.7. The Balaban J connectivity index is 1.66. The molecule has 6 heteroatoms. The van der Waals surface area contributed by atoms with Crippen molar-refractivity contribution in [2.45, 2.75) is 38.6 Å². The second-order valence-electron chi connectivity index (χ2n) is 5.59. The van der Waals surface area contributed by atoms with E-state index < -0.39 is 6.09 Å². The summed E-state index contributed by atoms with van der Waals surface area (Å²) in [5.74, 6) is 0.461. The van der Waals surface area contributed by atoms with E-state index in [1.165, 1.54) is 12.8 Å². The summed E-state index contributed by atoms with van der Waals surface area (Å²) in [5, 5.41) is 5.80. The molecule has 0 saturated carbocycles. The fourth-order valence-corrected chi connectivity index (χ4v) is 3.15. The Morgan fingerprint density at radius 2 is 2.05 bits per heavy atom. The molecule has 2 amide bonds. The van der Waals surface area contributed by atoms with E-state index in [1.54, 1.807) is 6.92 Å². The first-order valence-corrected chi connectivity index (χ1v) is 7.61. The van der Waals surface area contributed by atoms with Crippen molar-refractivity contribution >= 4 is 12.0 Å². The average Bonchev–Trinajstić information content (AvgIpc) is 2.93.